The van der Waals surface area contributed by atoms with Crippen LogP contribution in [0.25, 0.3) is 11.2 Å². The molecule has 108 valence electrons. The van der Waals surface area contributed by atoms with Gasteiger partial charge in [0.25, 0.3) is 5.56 Å². The summed E-state index contributed by atoms with van der Waals surface area (Å²) in [7, 11) is 1.64. The van der Waals surface area contributed by atoms with Crippen LogP contribution >= 0.6 is 0 Å². The largest absolute Gasteiger partial charge is 0.394 e. The van der Waals surface area contributed by atoms with Crippen molar-refractivity contribution in [3.05, 3.63) is 16.7 Å². The molecule has 20 heavy (non-hydrogen) atoms. The molecule has 2 aromatic rings. The van der Waals surface area contributed by atoms with Crippen molar-refractivity contribution < 1.29 is 14.9 Å². The van der Waals surface area contributed by atoms with Crippen molar-refractivity contribution in [1.29, 1.82) is 0 Å². The number of anilines is 1. The number of hydrogen-bond acceptors (Lipinski definition) is 7. The predicted octanol–water partition coefficient (Wildman–Crippen LogP) is -1.20. The van der Waals surface area contributed by atoms with Gasteiger partial charge in [-0.05, 0) is 0 Å². The number of aliphatic hydroxyl groups is 2. The fourth-order valence-electron chi connectivity index (χ4n) is 2.31. The molecular weight excluding hydrogens is 266 g/mol. The molecule has 0 saturated carbocycles. The van der Waals surface area contributed by atoms with Crippen LogP contribution in [-0.4, -0.2) is 55.6 Å². The highest BCUT2D eigenvalue weighted by molar-refractivity contribution is 5.70. The van der Waals surface area contributed by atoms with Crippen LogP contribution in [0.15, 0.2) is 11.1 Å². The molecule has 3 heterocycles. The number of aromatic amines is 1. The Morgan fingerprint density at radius 3 is 3.10 bits per heavy atom. The smallest absolute Gasteiger partial charge is 0.280 e. The lowest BCUT2D eigenvalue weighted by Crippen LogP contribution is -2.24. The maximum Gasteiger partial charge on any atom is 0.280 e. The van der Waals surface area contributed by atoms with Crippen LogP contribution in [0.1, 0.15) is 12.6 Å². The average Bonchev–Trinajstić information content (AvgIpc) is 3.01. The molecule has 0 radical (unpaired) electrons. The number of ether oxygens (including phenoxy) is 1. The van der Waals surface area contributed by atoms with Gasteiger partial charge in [0.05, 0.1) is 19.0 Å². The van der Waals surface area contributed by atoms with E-state index in [0.29, 0.717) is 18.0 Å². The summed E-state index contributed by atoms with van der Waals surface area (Å²) in [6.45, 7) is -0.264. The van der Waals surface area contributed by atoms with Crippen molar-refractivity contribution in [2.45, 2.75) is 24.9 Å². The van der Waals surface area contributed by atoms with E-state index in [1.54, 1.807) is 11.6 Å². The monoisotopic (exact) mass is 281 g/mol. The fourth-order valence-corrected chi connectivity index (χ4v) is 2.31. The molecule has 0 amide bonds. The summed E-state index contributed by atoms with van der Waals surface area (Å²) >= 11 is 0. The van der Waals surface area contributed by atoms with E-state index >= 15 is 0 Å². The zero-order chi connectivity index (χ0) is 14.3. The Hall–Kier alpha value is -1.97. The standard InChI is InChI=1S/C11H15N5O4/c1-12-11-14-9-8(10(19)15-11)13-4-16(9)7-2-5(18)6(3-17)20-7/h4-7,17-18H,2-3H2,1H3,(H2,12,14,15,19). The third-order valence-corrected chi connectivity index (χ3v) is 3.36. The second-order valence-electron chi connectivity index (χ2n) is 4.60. The highest BCUT2D eigenvalue weighted by Crippen LogP contribution is 2.30. The van der Waals surface area contributed by atoms with Crippen LogP contribution in [0.2, 0.25) is 0 Å². The molecule has 4 N–H and O–H groups in total. The summed E-state index contributed by atoms with van der Waals surface area (Å²) in [5.41, 5.74) is 0.221. The third kappa shape index (κ3) is 1.96. The number of imidazole rings is 1. The molecule has 3 unspecified atom stereocenters. The van der Waals surface area contributed by atoms with Gasteiger partial charge in [-0.15, -0.1) is 0 Å². The molecule has 9 nitrogen and oxygen atoms in total. The molecule has 1 saturated heterocycles. The first-order chi connectivity index (χ1) is 9.63. The predicted molar refractivity (Wildman–Crippen MR) is 69.3 cm³/mol. The highest BCUT2D eigenvalue weighted by atomic mass is 16.5. The molecule has 3 atom stereocenters. The van der Waals surface area contributed by atoms with Crippen molar-refractivity contribution in [3.8, 4) is 0 Å². The van der Waals surface area contributed by atoms with Gasteiger partial charge < -0.3 is 20.3 Å². The van der Waals surface area contributed by atoms with Gasteiger partial charge in [0.2, 0.25) is 5.95 Å². The second kappa shape index (κ2) is 4.85. The zero-order valence-corrected chi connectivity index (χ0v) is 10.8. The summed E-state index contributed by atoms with van der Waals surface area (Å²) in [6, 6.07) is 0. The van der Waals surface area contributed by atoms with Crippen molar-refractivity contribution in [1.82, 2.24) is 19.5 Å². The molecule has 1 fully saturated rings. The lowest BCUT2D eigenvalue weighted by atomic mass is 10.2. The Balaban J connectivity index is 2.05. The normalized spacial score (nSPS) is 26.2. The van der Waals surface area contributed by atoms with Gasteiger partial charge in [-0.3, -0.25) is 14.3 Å². The second-order valence-corrected chi connectivity index (χ2v) is 4.60. The van der Waals surface area contributed by atoms with Crippen molar-refractivity contribution >= 4 is 17.1 Å². The van der Waals surface area contributed by atoms with Crippen LogP contribution in [-0.2, 0) is 4.74 Å². The molecule has 2 aromatic heterocycles. The minimum absolute atomic E-state index is 0.203. The van der Waals surface area contributed by atoms with E-state index in [9.17, 15) is 9.90 Å². The average molecular weight is 281 g/mol. The third-order valence-electron chi connectivity index (χ3n) is 3.36. The van der Waals surface area contributed by atoms with E-state index < -0.39 is 18.4 Å². The molecule has 1 aliphatic rings. The van der Waals surface area contributed by atoms with Gasteiger partial charge in [0, 0.05) is 13.5 Å². The summed E-state index contributed by atoms with van der Waals surface area (Å²) in [5.74, 6) is 0.321. The van der Waals surface area contributed by atoms with Crippen molar-refractivity contribution in [3.63, 3.8) is 0 Å². The fraction of sp³-hybridized carbons (Fsp3) is 0.545. The molecular formula is C11H15N5O4. The van der Waals surface area contributed by atoms with Gasteiger partial charge in [0.15, 0.2) is 11.2 Å². The van der Waals surface area contributed by atoms with Gasteiger partial charge in [-0.2, -0.15) is 4.98 Å². The Morgan fingerprint density at radius 2 is 2.45 bits per heavy atom. The maximum absolute atomic E-state index is 11.8. The number of aromatic nitrogens is 4. The lowest BCUT2D eigenvalue weighted by molar-refractivity contribution is -0.0432. The molecule has 0 aromatic carbocycles. The first kappa shape index (κ1) is 13.0. The molecule has 0 bridgehead atoms. The number of nitrogens with zero attached hydrogens (tertiary/aromatic N) is 3. The Morgan fingerprint density at radius 1 is 1.65 bits per heavy atom. The summed E-state index contributed by atoms with van der Waals surface area (Å²) < 4.78 is 7.13. The van der Waals surface area contributed by atoms with Crippen LogP contribution in [0.5, 0.6) is 0 Å². The Kier molecular flexibility index (Phi) is 3.16. The van der Waals surface area contributed by atoms with Crippen molar-refractivity contribution in [2.24, 2.45) is 0 Å². The number of hydrogen-bond donors (Lipinski definition) is 4. The van der Waals surface area contributed by atoms with Crippen LogP contribution in [0.4, 0.5) is 5.95 Å². The first-order valence-electron chi connectivity index (χ1n) is 6.23. The highest BCUT2D eigenvalue weighted by Gasteiger charge is 2.35. The first-order valence-corrected chi connectivity index (χ1v) is 6.23. The molecule has 9 heteroatoms. The maximum atomic E-state index is 11.8. The molecule has 1 aliphatic heterocycles. The van der Waals surface area contributed by atoms with E-state index in [1.807, 2.05) is 0 Å². The molecule has 0 aliphatic carbocycles. The quantitative estimate of drug-likeness (QED) is 0.557. The van der Waals surface area contributed by atoms with E-state index in [0.717, 1.165) is 0 Å². The van der Waals surface area contributed by atoms with Gasteiger partial charge in [-0.1, -0.05) is 0 Å². The topological polar surface area (TPSA) is 125 Å². The summed E-state index contributed by atoms with van der Waals surface area (Å²) in [6.07, 6.45) is -0.147. The number of nitrogens with one attached hydrogen (secondary N) is 2. The summed E-state index contributed by atoms with van der Waals surface area (Å²) in [5, 5.41) is 21.6. The number of aliphatic hydroxyl groups excluding tert-OH is 2. The van der Waals surface area contributed by atoms with Crippen LogP contribution in [0.3, 0.4) is 0 Å². The summed E-state index contributed by atoms with van der Waals surface area (Å²) in [4.78, 5) is 22.6. The van der Waals surface area contributed by atoms with E-state index in [2.05, 4.69) is 20.3 Å². The van der Waals surface area contributed by atoms with E-state index in [-0.39, 0.29) is 17.7 Å². The zero-order valence-electron chi connectivity index (χ0n) is 10.8. The van der Waals surface area contributed by atoms with Gasteiger partial charge in [-0.25, -0.2) is 4.98 Å². The van der Waals surface area contributed by atoms with Gasteiger partial charge in [0.1, 0.15) is 12.3 Å². The minimum atomic E-state index is -0.756. The number of H-pyrrole nitrogens is 1. The number of fused-ring (bicyclic) bond motifs is 1. The van der Waals surface area contributed by atoms with Crippen LogP contribution in [0, 0.1) is 0 Å². The lowest BCUT2D eigenvalue weighted by Gasteiger charge is -2.13. The van der Waals surface area contributed by atoms with Gasteiger partial charge >= 0.3 is 0 Å². The van der Waals surface area contributed by atoms with E-state index in [1.165, 1.54) is 6.33 Å². The molecule has 0 spiro atoms. The Bertz CT molecular complexity index is 681. The minimum Gasteiger partial charge on any atom is -0.394 e. The molecule has 3 rings (SSSR count). The van der Waals surface area contributed by atoms with E-state index in [4.69, 9.17) is 9.84 Å². The number of rotatable bonds is 3. The SMILES string of the molecule is CNc1nc2c(ncn2C2CC(O)C(CO)O2)c(=O)[nH]1. The Labute approximate surface area is 113 Å². The van der Waals surface area contributed by atoms with Crippen molar-refractivity contribution in [2.75, 3.05) is 19.0 Å². The van der Waals surface area contributed by atoms with Crippen LogP contribution < -0.4 is 10.9 Å².